The van der Waals surface area contributed by atoms with Crippen molar-refractivity contribution < 1.29 is 17.9 Å². The fraction of sp³-hybridized carbons (Fsp3) is 0.360. The van der Waals surface area contributed by atoms with Crippen molar-refractivity contribution >= 4 is 15.9 Å². The van der Waals surface area contributed by atoms with Gasteiger partial charge in [0.15, 0.2) is 0 Å². The third-order valence-electron chi connectivity index (χ3n) is 6.15. The normalized spacial score (nSPS) is 15.3. The molecule has 35 heavy (non-hydrogen) atoms. The molecule has 0 radical (unpaired) electrons. The molecule has 1 fully saturated rings. The second-order valence-electron chi connectivity index (χ2n) is 8.42. The van der Waals surface area contributed by atoms with Gasteiger partial charge in [0.2, 0.25) is 10.0 Å². The quantitative estimate of drug-likeness (QED) is 0.512. The maximum atomic E-state index is 13.5. The Morgan fingerprint density at radius 3 is 2.34 bits per heavy atom. The minimum Gasteiger partial charge on any atom is -0.493 e. The van der Waals surface area contributed by atoms with Gasteiger partial charge in [-0.1, -0.05) is 30.3 Å². The van der Waals surface area contributed by atoms with Crippen molar-refractivity contribution in [3.05, 3.63) is 54.1 Å². The minimum atomic E-state index is -3.74. The van der Waals surface area contributed by atoms with E-state index in [1.807, 2.05) is 51.2 Å². The molecule has 2 N–H and O–H groups in total. The Balaban J connectivity index is 1.92. The number of amides is 1. The van der Waals surface area contributed by atoms with Gasteiger partial charge in [0, 0.05) is 43.9 Å². The van der Waals surface area contributed by atoms with Crippen LogP contribution in [0.5, 0.6) is 5.75 Å². The smallest absolute Gasteiger partial charge is 0.253 e. The van der Waals surface area contributed by atoms with E-state index in [9.17, 15) is 13.2 Å². The number of sulfonamides is 1. The standard InChI is InChI=1S/C25H31N5O4S/c1-4-30-24(22(25(26)31)23(27-30)18-9-7-6-8-10-18)20-17-19(11-12-21(20)34-5-2)35(32,33)29-15-13-28(3)14-16-29/h6-12,17H,4-5,13-16H2,1-3H3,(H2,26,31). The van der Waals surface area contributed by atoms with Crippen LogP contribution in [0.25, 0.3) is 22.5 Å². The lowest BCUT2D eigenvalue weighted by Crippen LogP contribution is -2.47. The number of carbonyl (C=O) groups is 1. The van der Waals surface area contributed by atoms with Crippen molar-refractivity contribution in [1.82, 2.24) is 19.0 Å². The van der Waals surface area contributed by atoms with Crippen molar-refractivity contribution in [2.24, 2.45) is 5.73 Å². The fourth-order valence-electron chi connectivity index (χ4n) is 4.31. The van der Waals surface area contributed by atoms with Gasteiger partial charge in [-0.15, -0.1) is 0 Å². The average Bonchev–Trinajstić information content (AvgIpc) is 3.25. The molecule has 2 aromatic carbocycles. The number of primary amides is 1. The predicted molar refractivity (Wildman–Crippen MR) is 135 cm³/mol. The van der Waals surface area contributed by atoms with Gasteiger partial charge in [0.25, 0.3) is 5.91 Å². The molecule has 4 rings (SSSR count). The Morgan fingerprint density at radius 2 is 1.74 bits per heavy atom. The lowest BCUT2D eigenvalue weighted by atomic mass is 10.0. The molecule has 0 saturated carbocycles. The molecule has 2 heterocycles. The molecule has 9 nitrogen and oxygen atoms in total. The van der Waals surface area contributed by atoms with Gasteiger partial charge in [-0.2, -0.15) is 9.40 Å². The van der Waals surface area contributed by atoms with E-state index in [0.717, 1.165) is 5.56 Å². The Bertz CT molecular complexity index is 1310. The van der Waals surface area contributed by atoms with Crippen LogP contribution in [-0.4, -0.2) is 73.1 Å². The largest absolute Gasteiger partial charge is 0.493 e. The van der Waals surface area contributed by atoms with Crippen LogP contribution in [0.1, 0.15) is 24.2 Å². The molecule has 10 heteroatoms. The molecule has 1 amide bonds. The van der Waals surface area contributed by atoms with Crippen molar-refractivity contribution in [2.45, 2.75) is 25.3 Å². The van der Waals surface area contributed by atoms with Crippen LogP contribution < -0.4 is 10.5 Å². The summed E-state index contributed by atoms with van der Waals surface area (Å²) < 4.78 is 36.0. The Labute approximate surface area is 206 Å². The Kier molecular flexibility index (Phi) is 7.25. The van der Waals surface area contributed by atoms with E-state index >= 15 is 0 Å². The number of carbonyl (C=O) groups excluding carboxylic acids is 1. The molecule has 0 unspecified atom stereocenters. The number of ether oxygens (including phenoxy) is 1. The van der Waals surface area contributed by atoms with Gasteiger partial charge in [-0.05, 0) is 39.1 Å². The second-order valence-corrected chi connectivity index (χ2v) is 10.4. The van der Waals surface area contributed by atoms with Gasteiger partial charge >= 0.3 is 0 Å². The number of benzene rings is 2. The van der Waals surface area contributed by atoms with Crippen LogP contribution in [0, 0.1) is 0 Å². The van der Waals surface area contributed by atoms with Gasteiger partial charge in [-0.25, -0.2) is 8.42 Å². The summed E-state index contributed by atoms with van der Waals surface area (Å²) >= 11 is 0. The number of likely N-dealkylation sites (N-methyl/N-ethyl adjacent to an activating group) is 1. The minimum absolute atomic E-state index is 0.140. The van der Waals surface area contributed by atoms with Crippen molar-refractivity contribution in [2.75, 3.05) is 39.8 Å². The van der Waals surface area contributed by atoms with Crippen LogP contribution in [-0.2, 0) is 16.6 Å². The van der Waals surface area contributed by atoms with E-state index in [4.69, 9.17) is 10.5 Å². The fourth-order valence-corrected chi connectivity index (χ4v) is 5.76. The Morgan fingerprint density at radius 1 is 1.06 bits per heavy atom. The SMILES string of the molecule is CCOc1ccc(S(=O)(=O)N2CCN(C)CC2)cc1-c1c(C(N)=O)c(-c2ccccc2)nn1CC. The maximum Gasteiger partial charge on any atom is 0.253 e. The number of aryl methyl sites for hydroxylation is 1. The number of rotatable bonds is 8. The highest BCUT2D eigenvalue weighted by Crippen LogP contribution is 2.39. The van der Waals surface area contributed by atoms with E-state index in [-0.39, 0.29) is 10.5 Å². The number of aromatic nitrogens is 2. The summed E-state index contributed by atoms with van der Waals surface area (Å²) in [6.07, 6.45) is 0. The molecule has 1 aromatic heterocycles. The summed E-state index contributed by atoms with van der Waals surface area (Å²) in [4.78, 5) is 15.0. The van der Waals surface area contributed by atoms with Crippen molar-refractivity contribution in [1.29, 1.82) is 0 Å². The van der Waals surface area contributed by atoms with Crippen LogP contribution in [0.2, 0.25) is 0 Å². The number of nitrogens with two attached hydrogens (primary N) is 1. The average molecular weight is 498 g/mol. The molecule has 1 aliphatic heterocycles. The maximum absolute atomic E-state index is 13.5. The molecule has 1 saturated heterocycles. The number of nitrogens with zero attached hydrogens (tertiary/aromatic N) is 4. The van der Waals surface area contributed by atoms with E-state index in [1.54, 1.807) is 22.9 Å². The first-order valence-electron chi connectivity index (χ1n) is 11.7. The molecule has 186 valence electrons. The van der Waals surface area contributed by atoms with Gasteiger partial charge in [-0.3, -0.25) is 9.48 Å². The van der Waals surface area contributed by atoms with Crippen LogP contribution in [0.4, 0.5) is 0 Å². The van der Waals surface area contributed by atoms with E-state index < -0.39 is 15.9 Å². The molecular formula is C25H31N5O4S. The molecule has 0 aliphatic carbocycles. The molecule has 0 bridgehead atoms. The number of hydrogen-bond donors (Lipinski definition) is 1. The summed E-state index contributed by atoms with van der Waals surface area (Å²) in [5.41, 5.74) is 8.20. The third kappa shape index (κ3) is 4.82. The number of hydrogen-bond acceptors (Lipinski definition) is 6. The molecule has 0 spiro atoms. The summed E-state index contributed by atoms with van der Waals surface area (Å²) in [5.74, 6) is -0.185. The van der Waals surface area contributed by atoms with E-state index in [2.05, 4.69) is 10.00 Å². The number of piperazine rings is 1. The first-order valence-corrected chi connectivity index (χ1v) is 13.1. The highest BCUT2D eigenvalue weighted by molar-refractivity contribution is 7.89. The van der Waals surface area contributed by atoms with E-state index in [1.165, 1.54) is 4.31 Å². The lowest BCUT2D eigenvalue weighted by Gasteiger charge is -2.31. The summed E-state index contributed by atoms with van der Waals surface area (Å²) in [6.45, 7) is 6.73. The summed E-state index contributed by atoms with van der Waals surface area (Å²) in [5, 5.41) is 4.68. The van der Waals surface area contributed by atoms with Crippen molar-refractivity contribution in [3.8, 4) is 28.3 Å². The molecule has 0 atom stereocenters. The monoisotopic (exact) mass is 497 g/mol. The molecular weight excluding hydrogens is 466 g/mol. The second kappa shape index (κ2) is 10.2. The first kappa shape index (κ1) is 24.9. The lowest BCUT2D eigenvalue weighted by molar-refractivity contribution is 0.100. The Hall–Kier alpha value is -3.21. The summed E-state index contributed by atoms with van der Waals surface area (Å²) in [7, 11) is -1.77. The highest BCUT2D eigenvalue weighted by Gasteiger charge is 2.31. The van der Waals surface area contributed by atoms with Gasteiger partial charge < -0.3 is 15.4 Å². The summed E-state index contributed by atoms with van der Waals surface area (Å²) in [6, 6.07) is 14.1. The zero-order valence-corrected chi connectivity index (χ0v) is 21.1. The molecule has 1 aliphatic rings. The van der Waals surface area contributed by atoms with E-state index in [0.29, 0.717) is 62.0 Å². The molecule has 3 aromatic rings. The van der Waals surface area contributed by atoms with Gasteiger partial charge in [0.05, 0.1) is 22.8 Å². The zero-order chi connectivity index (χ0) is 25.2. The topological polar surface area (TPSA) is 111 Å². The first-order chi connectivity index (χ1) is 16.8. The van der Waals surface area contributed by atoms with Crippen LogP contribution in [0.3, 0.4) is 0 Å². The predicted octanol–water partition coefficient (Wildman–Crippen LogP) is 2.67. The zero-order valence-electron chi connectivity index (χ0n) is 20.3. The van der Waals surface area contributed by atoms with Crippen molar-refractivity contribution in [3.63, 3.8) is 0 Å². The van der Waals surface area contributed by atoms with Crippen LogP contribution in [0.15, 0.2) is 53.4 Å². The highest BCUT2D eigenvalue weighted by atomic mass is 32.2. The van der Waals surface area contributed by atoms with Gasteiger partial charge in [0.1, 0.15) is 11.4 Å². The third-order valence-corrected chi connectivity index (χ3v) is 8.05. The van der Waals surface area contributed by atoms with Crippen LogP contribution >= 0.6 is 0 Å².